The Labute approximate surface area is 195 Å². The summed E-state index contributed by atoms with van der Waals surface area (Å²) < 4.78 is 56.0. The van der Waals surface area contributed by atoms with Crippen molar-refractivity contribution in [2.24, 2.45) is 0 Å². The lowest BCUT2D eigenvalue weighted by Gasteiger charge is -2.26. The first-order chi connectivity index (χ1) is 15.8. The number of amides is 1. The lowest BCUT2D eigenvalue weighted by molar-refractivity contribution is 0.102. The van der Waals surface area contributed by atoms with E-state index in [-0.39, 0.29) is 27.1 Å². The standard InChI is InChI=1S/C23H29N3O5S2/c27-23(18-9-8-12-20(17-18)32(28,29)25-19-10-2-3-11-19)24-21-13-4-5-14-22(21)33(30,31)26-15-6-1-7-16-26/h4-5,8-9,12-14,17,19,25H,1-3,6-7,10-11,15-16H2,(H,24,27). The van der Waals surface area contributed by atoms with Crippen LogP contribution < -0.4 is 10.0 Å². The molecule has 2 aromatic carbocycles. The maximum Gasteiger partial charge on any atom is 0.255 e. The highest BCUT2D eigenvalue weighted by Crippen LogP contribution is 2.27. The van der Waals surface area contributed by atoms with E-state index in [2.05, 4.69) is 10.0 Å². The summed E-state index contributed by atoms with van der Waals surface area (Å²) in [5.41, 5.74) is 0.305. The van der Waals surface area contributed by atoms with Crippen LogP contribution in [-0.4, -0.2) is 46.2 Å². The average Bonchev–Trinajstić information content (AvgIpc) is 3.32. The molecule has 0 spiro atoms. The second-order valence-corrected chi connectivity index (χ2v) is 12.2. The van der Waals surface area contributed by atoms with Crippen LogP contribution in [-0.2, 0) is 20.0 Å². The zero-order valence-electron chi connectivity index (χ0n) is 18.4. The van der Waals surface area contributed by atoms with Gasteiger partial charge in [0.1, 0.15) is 4.90 Å². The van der Waals surface area contributed by atoms with Crippen LogP contribution in [0.25, 0.3) is 0 Å². The summed E-state index contributed by atoms with van der Waals surface area (Å²) in [6.07, 6.45) is 6.22. The van der Waals surface area contributed by atoms with Crippen molar-refractivity contribution < 1.29 is 21.6 Å². The van der Waals surface area contributed by atoms with E-state index in [1.165, 1.54) is 40.7 Å². The number of benzene rings is 2. The molecular formula is C23H29N3O5S2. The fraction of sp³-hybridized carbons (Fsp3) is 0.435. The van der Waals surface area contributed by atoms with Crippen molar-refractivity contribution in [3.8, 4) is 0 Å². The van der Waals surface area contributed by atoms with E-state index >= 15 is 0 Å². The highest BCUT2D eigenvalue weighted by Gasteiger charge is 2.29. The van der Waals surface area contributed by atoms with Crippen molar-refractivity contribution in [1.29, 1.82) is 0 Å². The van der Waals surface area contributed by atoms with Gasteiger partial charge in [0, 0.05) is 24.7 Å². The summed E-state index contributed by atoms with van der Waals surface area (Å²) in [6, 6.07) is 12.0. The Balaban J connectivity index is 1.55. The molecule has 1 amide bonds. The van der Waals surface area contributed by atoms with Crippen molar-refractivity contribution >= 4 is 31.6 Å². The van der Waals surface area contributed by atoms with Crippen molar-refractivity contribution in [3.05, 3.63) is 54.1 Å². The Morgan fingerprint density at radius 2 is 1.55 bits per heavy atom. The molecule has 2 N–H and O–H groups in total. The molecule has 1 aliphatic heterocycles. The fourth-order valence-corrected chi connectivity index (χ4v) is 7.38. The number of anilines is 1. The Kier molecular flexibility index (Phi) is 7.18. The number of carbonyl (C=O) groups excluding carboxylic acids is 1. The fourth-order valence-electron chi connectivity index (χ4n) is 4.37. The van der Waals surface area contributed by atoms with Gasteiger partial charge in [-0.25, -0.2) is 21.6 Å². The monoisotopic (exact) mass is 491 g/mol. The number of hydrogen-bond donors (Lipinski definition) is 2. The molecule has 33 heavy (non-hydrogen) atoms. The molecule has 0 aromatic heterocycles. The van der Waals surface area contributed by atoms with E-state index in [4.69, 9.17) is 0 Å². The molecule has 2 aliphatic rings. The van der Waals surface area contributed by atoms with Gasteiger partial charge < -0.3 is 5.32 Å². The number of rotatable bonds is 7. The SMILES string of the molecule is O=C(Nc1ccccc1S(=O)(=O)N1CCCCC1)c1cccc(S(=O)(=O)NC2CCCC2)c1. The van der Waals surface area contributed by atoms with Crippen LogP contribution in [0, 0.1) is 0 Å². The van der Waals surface area contributed by atoms with Gasteiger partial charge in [-0.1, -0.05) is 37.5 Å². The molecule has 4 rings (SSSR count). The van der Waals surface area contributed by atoms with Gasteiger partial charge >= 0.3 is 0 Å². The van der Waals surface area contributed by atoms with Crippen LogP contribution in [0.2, 0.25) is 0 Å². The summed E-state index contributed by atoms with van der Waals surface area (Å²) in [5.74, 6) is -0.575. The molecule has 2 aromatic rings. The quantitative estimate of drug-likeness (QED) is 0.617. The number of hydrogen-bond acceptors (Lipinski definition) is 5. The molecule has 0 unspecified atom stereocenters. The van der Waals surface area contributed by atoms with E-state index in [1.54, 1.807) is 12.1 Å². The number of piperidine rings is 1. The molecule has 10 heteroatoms. The molecule has 1 aliphatic carbocycles. The summed E-state index contributed by atoms with van der Waals surface area (Å²) in [6.45, 7) is 0.914. The summed E-state index contributed by atoms with van der Waals surface area (Å²) in [4.78, 5) is 13.0. The smallest absolute Gasteiger partial charge is 0.255 e. The first-order valence-corrected chi connectivity index (χ1v) is 14.2. The van der Waals surface area contributed by atoms with E-state index < -0.39 is 26.0 Å². The lowest BCUT2D eigenvalue weighted by atomic mass is 10.2. The van der Waals surface area contributed by atoms with Crippen molar-refractivity contribution in [2.45, 2.75) is 60.8 Å². The normalized spacial score (nSPS) is 18.3. The van der Waals surface area contributed by atoms with Gasteiger partial charge in [-0.3, -0.25) is 4.79 Å². The van der Waals surface area contributed by atoms with E-state index in [9.17, 15) is 21.6 Å². The molecule has 1 saturated carbocycles. The molecule has 1 heterocycles. The van der Waals surface area contributed by atoms with E-state index in [0.29, 0.717) is 13.1 Å². The zero-order chi connectivity index (χ0) is 23.5. The first kappa shape index (κ1) is 23.9. The molecule has 178 valence electrons. The number of nitrogens with one attached hydrogen (secondary N) is 2. The second kappa shape index (κ2) is 9.92. The van der Waals surface area contributed by atoms with Crippen LogP contribution >= 0.6 is 0 Å². The molecule has 0 bridgehead atoms. The topological polar surface area (TPSA) is 113 Å². The Bertz CT molecular complexity index is 1220. The number of sulfonamides is 2. The van der Waals surface area contributed by atoms with Gasteiger partial charge in [-0.2, -0.15) is 4.31 Å². The third-order valence-electron chi connectivity index (χ3n) is 6.15. The second-order valence-electron chi connectivity index (χ2n) is 8.55. The van der Waals surface area contributed by atoms with Crippen molar-refractivity contribution in [3.63, 3.8) is 0 Å². The minimum absolute atomic E-state index is 0.0104. The molecule has 8 nitrogen and oxygen atoms in total. The van der Waals surface area contributed by atoms with Crippen molar-refractivity contribution in [2.75, 3.05) is 18.4 Å². The predicted molar refractivity (Wildman–Crippen MR) is 126 cm³/mol. The maximum absolute atomic E-state index is 13.2. The highest BCUT2D eigenvalue weighted by molar-refractivity contribution is 7.89. The molecule has 1 saturated heterocycles. The molecule has 2 fully saturated rings. The molecule has 0 radical (unpaired) electrons. The predicted octanol–water partition coefficient (Wildman–Crippen LogP) is 3.33. The Morgan fingerprint density at radius 3 is 2.27 bits per heavy atom. The van der Waals surface area contributed by atoms with Crippen LogP contribution in [0.3, 0.4) is 0 Å². The van der Waals surface area contributed by atoms with Gasteiger partial charge in [-0.15, -0.1) is 0 Å². The van der Waals surface area contributed by atoms with E-state index in [0.717, 1.165) is 44.9 Å². The maximum atomic E-state index is 13.2. The first-order valence-electron chi connectivity index (χ1n) is 11.3. The van der Waals surface area contributed by atoms with Crippen LogP contribution in [0.4, 0.5) is 5.69 Å². The summed E-state index contributed by atoms with van der Waals surface area (Å²) >= 11 is 0. The van der Waals surface area contributed by atoms with Crippen LogP contribution in [0.1, 0.15) is 55.3 Å². The third-order valence-corrected chi connectivity index (χ3v) is 9.63. The number of nitrogens with zero attached hydrogens (tertiary/aromatic N) is 1. The average molecular weight is 492 g/mol. The third kappa shape index (κ3) is 5.46. The lowest BCUT2D eigenvalue weighted by Crippen LogP contribution is -2.36. The largest absolute Gasteiger partial charge is 0.321 e. The Hall–Kier alpha value is -2.27. The summed E-state index contributed by atoms with van der Waals surface area (Å²) in [5, 5.41) is 2.66. The van der Waals surface area contributed by atoms with Gasteiger partial charge in [0.05, 0.1) is 10.6 Å². The molecular weight excluding hydrogens is 462 g/mol. The highest BCUT2D eigenvalue weighted by atomic mass is 32.2. The van der Waals surface area contributed by atoms with Gasteiger partial charge in [0.15, 0.2) is 0 Å². The van der Waals surface area contributed by atoms with Gasteiger partial charge in [0.2, 0.25) is 20.0 Å². The zero-order valence-corrected chi connectivity index (χ0v) is 20.0. The molecule has 0 atom stereocenters. The number of para-hydroxylation sites is 1. The summed E-state index contributed by atoms with van der Waals surface area (Å²) in [7, 11) is -7.50. The Morgan fingerprint density at radius 1 is 0.848 bits per heavy atom. The van der Waals surface area contributed by atoms with E-state index in [1.807, 2.05) is 0 Å². The number of carbonyl (C=O) groups is 1. The minimum atomic E-state index is -3.75. The van der Waals surface area contributed by atoms with Gasteiger partial charge in [-0.05, 0) is 56.0 Å². The minimum Gasteiger partial charge on any atom is -0.321 e. The van der Waals surface area contributed by atoms with Crippen molar-refractivity contribution in [1.82, 2.24) is 9.03 Å². The van der Waals surface area contributed by atoms with Crippen LogP contribution in [0.15, 0.2) is 58.3 Å². The van der Waals surface area contributed by atoms with Crippen LogP contribution in [0.5, 0.6) is 0 Å². The van der Waals surface area contributed by atoms with Gasteiger partial charge in [0.25, 0.3) is 5.91 Å².